The number of amides is 1. The zero-order valence-electron chi connectivity index (χ0n) is 15.8. The number of hydrogen-bond acceptors (Lipinski definition) is 4. The fourth-order valence-corrected chi connectivity index (χ4v) is 3.40. The van der Waals surface area contributed by atoms with Crippen LogP contribution in [0.25, 0.3) is 0 Å². The maximum Gasteiger partial charge on any atom is 0.227 e. The van der Waals surface area contributed by atoms with Crippen molar-refractivity contribution < 1.29 is 14.3 Å². The predicted molar refractivity (Wildman–Crippen MR) is 107 cm³/mol. The van der Waals surface area contributed by atoms with Crippen LogP contribution in [0.2, 0.25) is 0 Å². The van der Waals surface area contributed by atoms with E-state index in [2.05, 4.69) is 5.32 Å². The summed E-state index contributed by atoms with van der Waals surface area (Å²) in [6, 6.07) is 15.6. The van der Waals surface area contributed by atoms with E-state index in [0.717, 1.165) is 49.3 Å². The molecule has 0 bridgehead atoms. The van der Waals surface area contributed by atoms with Gasteiger partial charge < -0.3 is 20.5 Å². The molecule has 0 spiro atoms. The number of ether oxygens (including phenoxy) is 2. The molecule has 0 heterocycles. The Morgan fingerprint density at radius 3 is 2.37 bits per heavy atom. The topological polar surface area (TPSA) is 73.6 Å². The fourth-order valence-electron chi connectivity index (χ4n) is 3.40. The highest BCUT2D eigenvalue weighted by Gasteiger charge is 2.25. The summed E-state index contributed by atoms with van der Waals surface area (Å²) in [5, 5.41) is 2.99. The molecule has 1 saturated carbocycles. The van der Waals surface area contributed by atoms with Crippen LogP contribution in [0.1, 0.15) is 31.2 Å². The first-order valence-corrected chi connectivity index (χ1v) is 9.56. The second kappa shape index (κ2) is 9.53. The lowest BCUT2D eigenvalue weighted by Gasteiger charge is -2.25. The molecule has 2 aromatic rings. The van der Waals surface area contributed by atoms with E-state index < -0.39 is 0 Å². The molecule has 2 unspecified atom stereocenters. The summed E-state index contributed by atoms with van der Waals surface area (Å²) in [5.74, 6) is 1.59. The molecule has 1 fully saturated rings. The van der Waals surface area contributed by atoms with E-state index in [9.17, 15) is 4.79 Å². The van der Waals surface area contributed by atoms with Gasteiger partial charge in [-0.2, -0.15) is 0 Å². The Hall–Kier alpha value is -2.37. The largest absolute Gasteiger partial charge is 0.457 e. The summed E-state index contributed by atoms with van der Waals surface area (Å²) in [6.45, 7) is 0.709. The number of anilines is 1. The number of benzene rings is 2. The molecule has 27 heavy (non-hydrogen) atoms. The Bertz CT molecular complexity index is 728. The van der Waals surface area contributed by atoms with Gasteiger partial charge in [0.05, 0.1) is 6.61 Å². The summed E-state index contributed by atoms with van der Waals surface area (Å²) in [6.07, 6.45) is 4.62. The molecule has 3 N–H and O–H groups in total. The highest BCUT2D eigenvalue weighted by atomic mass is 16.5. The van der Waals surface area contributed by atoms with Crippen LogP contribution in [-0.4, -0.2) is 25.7 Å². The van der Waals surface area contributed by atoms with E-state index in [1.165, 1.54) is 5.56 Å². The zero-order chi connectivity index (χ0) is 19.1. The highest BCUT2D eigenvalue weighted by molar-refractivity contribution is 5.92. The third-order valence-electron chi connectivity index (χ3n) is 4.96. The second-order valence-electron chi connectivity index (χ2n) is 7.13. The van der Waals surface area contributed by atoms with Gasteiger partial charge in [-0.3, -0.25) is 4.79 Å². The average molecular weight is 368 g/mol. The van der Waals surface area contributed by atoms with Crippen LogP contribution in [-0.2, 0) is 16.0 Å². The fraction of sp³-hybridized carbons (Fsp3) is 0.409. The van der Waals surface area contributed by atoms with Gasteiger partial charge in [-0.25, -0.2) is 0 Å². The van der Waals surface area contributed by atoms with Crippen LogP contribution in [0.4, 0.5) is 5.69 Å². The molecule has 1 aliphatic carbocycles. The van der Waals surface area contributed by atoms with Crippen molar-refractivity contribution >= 4 is 11.6 Å². The third-order valence-corrected chi connectivity index (χ3v) is 4.96. The van der Waals surface area contributed by atoms with Gasteiger partial charge >= 0.3 is 0 Å². The standard InChI is InChI=1S/C22H28N2O3/c1-26-14-13-16-5-9-20(10-6-16)27-21-11-7-19(8-12-21)24-22(25)17-3-2-4-18(23)15-17/h5-12,17-18H,2-4,13-15,23H2,1H3,(H,24,25). The lowest BCUT2D eigenvalue weighted by Crippen LogP contribution is -2.34. The Morgan fingerprint density at radius 2 is 1.74 bits per heavy atom. The molecule has 0 radical (unpaired) electrons. The summed E-state index contributed by atoms with van der Waals surface area (Å²) in [5.41, 5.74) is 7.97. The first-order chi connectivity index (χ1) is 13.1. The van der Waals surface area contributed by atoms with Crippen LogP contribution >= 0.6 is 0 Å². The van der Waals surface area contributed by atoms with Crippen molar-refractivity contribution in [3.8, 4) is 11.5 Å². The van der Waals surface area contributed by atoms with Crippen molar-refractivity contribution in [3.05, 3.63) is 54.1 Å². The first-order valence-electron chi connectivity index (χ1n) is 9.56. The van der Waals surface area contributed by atoms with E-state index in [-0.39, 0.29) is 17.9 Å². The summed E-state index contributed by atoms with van der Waals surface area (Å²) < 4.78 is 11.0. The van der Waals surface area contributed by atoms with Gasteiger partial charge in [0.15, 0.2) is 0 Å². The smallest absolute Gasteiger partial charge is 0.227 e. The maximum absolute atomic E-state index is 12.4. The van der Waals surface area contributed by atoms with E-state index in [1.54, 1.807) is 7.11 Å². The van der Waals surface area contributed by atoms with Crippen LogP contribution in [0.15, 0.2) is 48.5 Å². The monoisotopic (exact) mass is 368 g/mol. The number of carbonyl (C=O) groups is 1. The average Bonchev–Trinajstić information content (AvgIpc) is 2.69. The van der Waals surface area contributed by atoms with Gasteiger partial charge in [-0.15, -0.1) is 0 Å². The molecule has 144 valence electrons. The van der Waals surface area contributed by atoms with Gasteiger partial charge in [0, 0.05) is 24.8 Å². The Kier molecular flexibility index (Phi) is 6.85. The van der Waals surface area contributed by atoms with Gasteiger partial charge in [-0.1, -0.05) is 18.6 Å². The van der Waals surface area contributed by atoms with Crippen molar-refractivity contribution in [2.45, 2.75) is 38.1 Å². The summed E-state index contributed by atoms with van der Waals surface area (Å²) in [4.78, 5) is 12.4. The van der Waals surface area contributed by atoms with E-state index in [4.69, 9.17) is 15.2 Å². The molecular weight excluding hydrogens is 340 g/mol. The Labute approximate surface area is 160 Å². The van der Waals surface area contributed by atoms with Crippen molar-refractivity contribution in [1.29, 1.82) is 0 Å². The van der Waals surface area contributed by atoms with Crippen LogP contribution in [0, 0.1) is 5.92 Å². The van der Waals surface area contributed by atoms with Crippen molar-refractivity contribution in [1.82, 2.24) is 0 Å². The predicted octanol–water partition coefficient (Wildman–Crippen LogP) is 4.12. The lowest BCUT2D eigenvalue weighted by molar-refractivity contribution is -0.120. The van der Waals surface area contributed by atoms with Gasteiger partial charge in [0.1, 0.15) is 11.5 Å². The van der Waals surface area contributed by atoms with Crippen LogP contribution < -0.4 is 15.8 Å². The normalized spacial score (nSPS) is 19.5. The van der Waals surface area contributed by atoms with Gasteiger partial charge in [-0.05, 0) is 67.6 Å². The highest BCUT2D eigenvalue weighted by Crippen LogP contribution is 2.26. The Balaban J connectivity index is 1.53. The van der Waals surface area contributed by atoms with Crippen molar-refractivity contribution in [2.75, 3.05) is 19.0 Å². The third kappa shape index (κ3) is 5.81. The second-order valence-corrected chi connectivity index (χ2v) is 7.13. The quantitative estimate of drug-likeness (QED) is 0.771. The number of hydrogen-bond donors (Lipinski definition) is 2. The van der Waals surface area contributed by atoms with Gasteiger partial charge in [0.2, 0.25) is 5.91 Å². The lowest BCUT2D eigenvalue weighted by atomic mass is 9.85. The minimum Gasteiger partial charge on any atom is -0.457 e. The molecule has 5 heteroatoms. The number of methoxy groups -OCH3 is 1. The number of rotatable bonds is 7. The van der Waals surface area contributed by atoms with Crippen LogP contribution in [0.3, 0.4) is 0 Å². The first kappa shape index (κ1) is 19.4. The maximum atomic E-state index is 12.4. The summed E-state index contributed by atoms with van der Waals surface area (Å²) >= 11 is 0. The SMILES string of the molecule is COCCc1ccc(Oc2ccc(NC(=O)C3CCCC(N)C3)cc2)cc1. The summed E-state index contributed by atoms with van der Waals surface area (Å²) in [7, 11) is 1.70. The number of carbonyl (C=O) groups excluding carboxylic acids is 1. The molecule has 1 aliphatic rings. The molecule has 0 aliphatic heterocycles. The molecule has 0 aromatic heterocycles. The van der Waals surface area contributed by atoms with E-state index >= 15 is 0 Å². The number of nitrogens with one attached hydrogen (secondary N) is 1. The van der Waals surface area contributed by atoms with Crippen LogP contribution in [0.5, 0.6) is 11.5 Å². The minimum absolute atomic E-state index is 0.0151. The van der Waals surface area contributed by atoms with Crippen molar-refractivity contribution in [2.24, 2.45) is 11.7 Å². The van der Waals surface area contributed by atoms with Crippen molar-refractivity contribution in [3.63, 3.8) is 0 Å². The van der Waals surface area contributed by atoms with E-state index in [1.807, 2.05) is 48.5 Å². The molecule has 1 amide bonds. The zero-order valence-corrected chi connectivity index (χ0v) is 15.8. The molecule has 2 atom stereocenters. The van der Waals surface area contributed by atoms with Gasteiger partial charge in [0.25, 0.3) is 0 Å². The molecule has 0 saturated heterocycles. The molecule has 3 rings (SSSR count). The molecular formula is C22H28N2O3. The molecule has 2 aromatic carbocycles. The minimum atomic E-state index is 0.0151. The number of nitrogens with two attached hydrogens (primary N) is 1. The molecule has 5 nitrogen and oxygen atoms in total. The Morgan fingerprint density at radius 1 is 1.07 bits per heavy atom. The van der Waals surface area contributed by atoms with E-state index in [0.29, 0.717) is 6.61 Å².